The molecule has 0 aromatic rings. The second kappa shape index (κ2) is 6.58. The molecule has 0 spiro atoms. The summed E-state index contributed by atoms with van der Waals surface area (Å²) in [7, 11) is -1.86. The molecular weight excluding hydrogens is 304 g/mol. The van der Waals surface area contributed by atoms with Crippen molar-refractivity contribution in [1.82, 2.24) is 10.6 Å². The molecule has 2 heterocycles. The number of carbonyl (C=O) groups is 1. The Hall–Kier alpha value is -0.0800. The molecule has 2 saturated heterocycles. The summed E-state index contributed by atoms with van der Waals surface area (Å²) in [5, 5.41) is 6.42. The van der Waals surface area contributed by atoms with Crippen LogP contribution in [0.3, 0.4) is 0 Å². The number of fused-ring (bicyclic) bond motifs is 1. The lowest BCUT2D eigenvalue weighted by molar-refractivity contribution is 0.247. The lowest BCUT2D eigenvalue weighted by atomic mass is 10.0. The first-order chi connectivity index (χ1) is 8.96. The van der Waals surface area contributed by atoms with Crippen LogP contribution in [0.5, 0.6) is 0 Å². The molecule has 2 amide bonds. The SMILES string of the molecule is CS(=O)(=O)SCCCCCC1SCC2NC(=O)N[C@@H]21. The molecule has 2 unspecified atom stereocenters. The van der Waals surface area contributed by atoms with Gasteiger partial charge in [-0.15, -0.1) is 0 Å². The highest BCUT2D eigenvalue weighted by molar-refractivity contribution is 8.71. The second-order valence-electron chi connectivity index (χ2n) is 5.00. The average molecular weight is 324 g/mol. The molecule has 2 N–H and O–H groups in total. The molecule has 0 radical (unpaired) electrons. The molecule has 2 aliphatic rings. The lowest BCUT2D eigenvalue weighted by Crippen LogP contribution is -2.36. The van der Waals surface area contributed by atoms with Crippen LogP contribution in [0.15, 0.2) is 0 Å². The van der Waals surface area contributed by atoms with Crippen LogP contribution in [0.1, 0.15) is 25.7 Å². The molecular formula is C11H20N2O3S3. The maximum Gasteiger partial charge on any atom is 0.315 e. The number of urea groups is 1. The fourth-order valence-corrected chi connectivity index (χ4v) is 5.91. The van der Waals surface area contributed by atoms with Crippen molar-refractivity contribution in [2.75, 3.05) is 17.8 Å². The normalized spacial score (nSPS) is 29.9. The smallest absolute Gasteiger partial charge is 0.315 e. The first-order valence-corrected chi connectivity index (χ1v) is 10.9. The number of hydrogen-bond donors (Lipinski definition) is 2. The van der Waals surface area contributed by atoms with Crippen molar-refractivity contribution >= 4 is 37.5 Å². The summed E-state index contributed by atoms with van der Waals surface area (Å²) in [6.45, 7) is 0. The summed E-state index contributed by atoms with van der Waals surface area (Å²) in [6, 6.07) is 0.538. The Balaban J connectivity index is 1.58. The Labute approximate surface area is 122 Å². The van der Waals surface area contributed by atoms with Gasteiger partial charge in [0.15, 0.2) is 8.87 Å². The Morgan fingerprint density at radius 3 is 2.84 bits per heavy atom. The largest absolute Gasteiger partial charge is 0.332 e. The highest BCUT2D eigenvalue weighted by atomic mass is 33.1. The molecule has 0 aromatic carbocycles. The van der Waals surface area contributed by atoms with E-state index in [1.807, 2.05) is 11.8 Å². The van der Waals surface area contributed by atoms with E-state index in [-0.39, 0.29) is 12.1 Å². The Bertz CT molecular complexity index is 427. The molecule has 2 aliphatic heterocycles. The number of amides is 2. The minimum absolute atomic E-state index is 0.0372. The lowest BCUT2D eigenvalue weighted by Gasteiger charge is -2.16. The van der Waals surface area contributed by atoms with Crippen molar-refractivity contribution in [3.05, 3.63) is 0 Å². The highest BCUT2D eigenvalue weighted by Gasteiger charge is 2.42. The zero-order valence-corrected chi connectivity index (χ0v) is 13.4. The van der Waals surface area contributed by atoms with Crippen molar-refractivity contribution in [1.29, 1.82) is 0 Å². The van der Waals surface area contributed by atoms with Gasteiger partial charge in [0.05, 0.1) is 12.1 Å². The van der Waals surface area contributed by atoms with Crippen molar-refractivity contribution in [3.8, 4) is 0 Å². The van der Waals surface area contributed by atoms with Crippen LogP contribution in [-0.4, -0.2) is 49.5 Å². The van der Waals surface area contributed by atoms with Crippen molar-refractivity contribution in [3.63, 3.8) is 0 Å². The number of rotatable bonds is 7. The summed E-state index contributed by atoms with van der Waals surface area (Å²) < 4.78 is 21.9. The predicted molar refractivity (Wildman–Crippen MR) is 81.3 cm³/mol. The number of unbranched alkanes of at least 4 members (excludes halogenated alkanes) is 2. The van der Waals surface area contributed by atoms with Crippen LogP contribution in [0.25, 0.3) is 0 Å². The van der Waals surface area contributed by atoms with Gasteiger partial charge in [0.2, 0.25) is 0 Å². The van der Waals surface area contributed by atoms with E-state index < -0.39 is 8.87 Å². The summed E-state index contributed by atoms with van der Waals surface area (Å²) in [4.78, 5) is 11.2. The topological polar surface area (TPSA) is 75.3 Å². The molecule has 0 aromatic heterocycles. The van der Waals surface area contributed by atoms with E-state index in [0.29, 0.717) is 17.0 Å². The van der Waals surface area contributed by atoms with Gasteiger partial charge in [-0.1, -0.05) is 12.8 Å². The summed E-state index contributed by atoms with van der Waals surface area (Å²) in [5.41, 5.74) is 0. The summed E-state index contributed by atoms with van der Waals surface area (Å²) in [6.07, 6.45) is 5.44. The fraction of sp³-hybridized carbons (Fsp3) is 0.909. The Kier molecular flexibility index (Phi) is 5.30. The van der Waals surface area contributed by atoms with E-state index in [0.717, 1.165) is 42.2 Å². The molecule has 110 valence electrons. The standard InChI is InChI=1S/C11H20N2O3S3/c1-19(15,16)18-6-4-2-3-5-9-10-8(7-17-9)12-11(14)13-10/h8-10H,2-7H2,1H3,(H2,12,13,14)/t8?,9?,10-/m0/s1. The third-order valence-corrected chi connectivity index (χ3v) is 7.55. The molecule has 0 bridgehead atoms. The van der Waals surface area contributed by atoms with Gasteiger partial charge in [0.1, 0.15) is 0 Å². The maximum atomic E-state index is 11.2. The minimum atomic E-state index is -2.89. The third kappa shape index (κ3) is 4.75. The van der Waals surface area contributed by atoms with Gasteiger partial charge < -0.3 is 10.6 Å². The Morgan fingerprint density at radius 2 is 2.11 bits per heavy atom. The fourth-order valence-electron chi connectivity index (χ4n) is 2.48. The monoisotopic (exact) mass is 324 g/mol. The molecule has 2 rings (SSSR count). The molecule has 5 nitrogen and oxygen atoms in total. The van der Waals surface area contributed by atoms with Crippen molar-refractivity contribution in [2.45, 2.75) is 43.0 Å². The van der Waals surface area contributed by atoms with E-state index in [9.17, 15) is 13.2 Å². The van der Waals surface area contributed by atoms with Crippen LogP contribution in [0.2, 0.25) is 0 Å². The number of hydrogen-bond acceptors (Lipinski definition) is 5. The number of nitrogens with one attached hydrogen (secondary N) is 2. The summed E-state index contributed by atoms with van der Waals surface area (Å²) >= 11 is 1.93. The van der Waals surface area contributed by atoms with Gasteiger partial charge in [-0.2, -0.15) is 11.8 Å². The van der Waals surface area contributed by atoms with E-state index in [1.54, 1.807) is 0 Å². The van der Waals surface area contributed by atoms with E-state index in [2.05, 4.69) is 10.6 Å². The van der Waals surface area contributed by atoms with Crippen LogP contribution in [0, 0.1) is 0 Å². The number of thioether (sulfide) groups is 1. The highest BCUT2D eigenvalue weighted by Crippen LogP contribution is 2.33. The van der Waals surface area contributed by atoms with Crippen LogP contribution >= 0.6 is 22.6 Å². The Morgan fingerprint density at radius 1 is 1.32 bits per heavy atom. The van der Waals surface area contributed by atoms with Crippen molar-refractivity contribution < 1.29 is 13.2 Å². The van der Waals surface area contributed by atoms with Gasteiger partial charge in [0.25, 0.3) is 0 Å². The molecule has 3 atom stereocenters. The van der Waals surface area contributed by atoms with Gasteiger partial charge in [-0.05, 0) is 23.6 Å². The van der Waals surface area contributed by atoms with Crippen molar-refractivity contribution in [2.24, 2.45) is 0 Å². The van der Waals surface area contributed by atoms with Gasteiger partial charge in [0, 0.05) is 23.0 Å². The molecule has 0 aliphatic carbocycles. The van der Waals surface area contributed by atoms with Crippen LogP contribution in [-0.2, 0) is 8.87 Å². The van der Waals surface area contributed by atoms with E-state index >= 15 is 0 Å². The zero-order valence-electron chi connectivity index (χ0n) is 10.9. The summed E-state index contributed by atoms with van der Waals surface area (Å²) in [5.74, 6) is 1.68. The minimum Gasteiger partial charge on any atom is -0.332 e. The first kappa shape index (κ1) is 15.3. The first-order valence-electron chi connectivity index (χ1n) is 6.49. The predicted octanol–water partition coefficient (Wildman–Crippen LogP) is 1.40. The molecule has 19 heavy (non-hydrogen) atoms. The average Bonchev–Trinajstić information content (AvgIpc) is 2.82. The number of carbonyl (C=O) groups excluding carboxylic acids is 1. The molecule has 2 fully saturated rings. The second-order valence-corrected chi connectivity index (χ2v) is 10.8. The van der Waals surface area contributed by atoms with Gasteiger partial charge >= 0.3 is 6.03 Å². The quantitative estimate of drug-likeness (QED) is 0.421. The van der Waals surface area contributed by atoms with Crippen LogP contribution in [0.4, 0.5) is 4.79 Å². The zero-order chi connectivity index (χ0) is 13.9. The molecule has 0 saturated carbocycles. The third-order valence-electron chi connectivity index (χ3n) is 3.37. The van der Waals surface area contributed by atoms with E-state index in [4.69, 9.17) is 0 Å². The van der Waals surface area contributed by atoms with Gasteiger partial charge in [-0.25, -0.2) is 13.2 Å². The maximum absolute atomic E-state index is 11.2. The van der Waals surface area contributed by atoms with Crippen LogP contribution < -0.4 is 10.6 Å². The molecule has 8 heteroatoms. The van der Waals surface area contributed by atoms with Gasteiger partial charge in [-0.3, -0.25) is 0 Å². The van der Waals surface area contributed by atoms with E-state index in [1.165, 1.54) is 6.26 Å².